The minimum atomic E-state index is 0.212. The minimum Gasteiger partial charge on any atom is -0.353 e. The second-order valence-electron chi connectivity index (χ2n) is 9.49. The van der Waals surface area contributed by atoms with Gasteiger partial charge in [0.2, 0.25) is 0 Å². The largest absolute Gasteiger partial charge is 0.353 e. The fourth-order valence-electron chi connectivity index (χ4n) is 4.99. The number of hydrogen-bond donors (Lipinski definition) is 0. The van der Waals surface area contributed by atoms with Crippen LogP contribution in [0.3, 0.4) is 0 Å². The van der Waals surface area contributed by atoms with Crippen LogP contribution >= 0.6 is 11.6 Å². The molecule has 0 aromatic heterocycles. The van der Waals surface area contributed by atoms with E-state index in [1.54, 1.807) is 5.57 Å². The van der Waals surface area contributed by atoms with Gasteiger partial charge in [-0.3, -0.25) is 4.99 Å². The predicted molar refractivity (Wildman–Crippen MR) is 128 cm³/mol. The van der Waals surface area contributed by atoms with E-state index in [9.17, 15) is 0 Å². The highest BCUT2D eigenvalue weighted by atomic mass is 35.5. The van der Waals surface area contributed by atoms with Crippen LogP contribution in [0.25, 0.3) is 0 Å². The van der Waals surface area contributed by atoms with Crippen molar-refractivity contribution in [3.63, 3.8) is 0 Å². The molecule has 0 aliphatic carbocycles. The summed E-state index contributed by atoms with van der Waals surface area (Å²) >= 11 is 6.34. The number of hydrogen-bond acceptors (Lipinski definition) is 4. The molecule has 0 amide bonds. The first kappa shape index (κ1) is 21.6. The summed E-state index contributed by atoms with van der Waals surface area (Å²) in [5.41, 5.74) is 6.57. The fourth-order valence-corrected chi connectivity index (χ4v) is 5.18. The number of likely N-dealkylation sites (N-methyl/N-ethyl adjacent to an activating group) is 1. The van der Waals surface area contributed by atoms with Crippen LogP contribution in [0, 0.1) is 11.8 Å². The van der Waals surface area contributed by atoms with Gasteiger partial charge in [-0.05, 0) is 75.4 Å². The molecule has 0 radical (unpaired) electrons. The summed E-state index contributed by atoms with van der Waals surface area (Å²) in [5, 5.41) is 0.799. The van der Waals surface area contributed by atoms with Crippen LogP contribution in [-0.4, -0.2) is 60.6 Å². The highest BCUT2D eigenvalue weighted by Crippen LogP contribution is 2.36. The van der Waals surface area contributed by atoms with E-state index in [0.717, 1.165) is 62.0 Å². The monoisotopic (exact) mass is 426 g/mol. The Morgan fingerprint density at radius 2 is 1.87 bits per heavy atom. The molecule has 3 aliphatic heterocycles. The SMILES string of the molecule is CC1=C(C(C)C)CC2CCc3cc(Cl)ccc3N=C(N3CCN(C)CC3)C2=NC1C. The number of halogens is 1. The molecule has 3 aliphatic rings. The third kappa shape index (κ3) is 4.36. The summed E-state index contributed by atoms with van der Waals surface area (Å²) in [5.74, 6) is 2.06. The Hall–Kier alpha value is -1.65. The zero-order chi connectivity index (χ0) is 21.4. The molecule has 3 heterocycles. The van der Waals surface area contributed by atoms with E-state index >= 15 is 0 Å². The Labute approximate surface area is 186 Å². The number of aliphatic imine (C=N–C) groups is 2. The van der Waals surface area contributed by atoms with Gasteiger partial charge in [-0.15, -0.1) is 0 Å². The van der Waals surface area contributed by atoms with Crippen LogP contribution in [0.15, 0.2) is 39.3 Å². The van der Waals surface area contributed by atoms with Gasteiger partial charge in [0.05, 0.1) is 17.4 Å². The standard InChI is InChI=1S/C25H35ClN4/c1-16(2)22-15-20-7-6-19-14-21(26)8-9-23(19)28-25(24(20)27-18(4)17(22)3)30-12-10-29(5)11-13-30/h8-9,14,16,18,20H,6-7,10-13,15H2,1-5H3. The molecule has 0 bridgehead atoms. The van der Waals surface area contributed by atoms with Crippen LogP contribution < -0.4 is 0 Å². The molecule has 4 nitrogen and oxygen atoms in total. The lowest BCUT2D eigenvalue weighted by Gasteiger charge is -2.37. The molecule has 1 aromatic rings. The summed E-state index contributed by atoms with van der Waals surface area (Å²) < 4.78 is 0. The van der Waals surface area contributed by atoms with Crippen LogP contribution in [0.2, 0.25) is 5.02 Å². The smallest absolute Gasteiger partial charge is 0.150 e. The Morgan fingerprint density at radius 1 is 1.13 bits per heavy atom. The predicted octanol–water partition coefficient (Wildman–Crippen LogP) is 5.39. The van der Waals surface area contributed by atoms with E-state index < -0.39 is 0 Å². The Kier molecular flexibility index (Phi) is 6.36. The fraction of sp³-hybridized carbons (Fsp3) is 0.600. The van der Waals surface area contributed by atoms with Gasteiger partial charge in [0.1, 0.15) is 0 Å². The zero-order valence-electron chi connectivity index (χ0n) is 19.1. The van der Waals surface area contributed by atoms with Gasteiger partial charge in [-0.2, -0.15) is 0 Å². The molecule has 4 rings (SSSR count). The van der Waals surface area contributed by atoms with Crippen LogP contribution in [0.4, 0.5) is 5.69 Å². The molecule has 0 saturated carbocycles. The van der Waals surface area contributed by atoms with Crippen molar-refractivity contribution in [3.05, 3.63) is 39.9 Å². The van der Waals surface area contributed by atoms with Gasteiger partial charge >= 0.3 is 0 Å². The van der Waals surface area contributed by atoms with E-state index in [1.165, 1.54) is 16.8 Å². The number of fused-ring (bicyclic) bond motifs is 2. The first-order valence-corrected chi connectivity index (χ1v) is 11.8. The molecule has 0 N–H and O–H groups in total. The molecule has 2 atom stereocenters. The van der Waals surface area contributed by atoms with E-state index in [-0.39, 0.29) is 6.04 Å². The molecular weight excluding hydrogens is 392 g/mol. The van der Waals surface area contributed by atoms with Crippen LogP contribution in [0.5, 0.6) is 0 Å². The van der Waals surface area contributed by atoms with Crippen molar-refractivity contribution in [1.82, 2.24) is 9.80 Å². The highest BCUT2D eigenvalue weighted by molar-refractivity contribution is 6.42. The first-order valence-electron chi connectivity index (χ1n) is 11.4. The average Bonchev–Trinajstić information content (AvgIpc) is 2.82. The average molecular weight is 427 g/mol. The molecule has 1 aromatic carbocycles. The van der Waals surface area contributed by atoms with Crippen molar-refractivity contribution >= 4 is 28.8 Å². The number of amidine groups is 1. The van der Waals surface area contributed by atoms with Gasteiger partial charge in [0.25, 0.3) is 0 Å². The summed E-state index contributed by atoms with van der Waals surface area (Å²) in [7, 11) is 2.20. The minimum absolute atomic E-state index is 0.212. The number of allylic oxidation sites excluding steroid dienone is 1. The molecule has 5 heteroatoms. The van der Waals surface area contributed by atoms with E-state index in [1.807, 2.05) is 6.07 Å². The summed E-state index contributed by atoms with van der Waals surface area (Å²) in [6.07, 6.45) is 3.18. The van der Waals surface area contributed by atoms with E-state index in [0.29, 0.717) is 11.8 Å². The lowest BCUT2D eigenvalue weighted by atomic mass is 9.82. The zero-order valence-corrected chi connectivity index (χ0v) is 19.8. The Balaban J connectivity index is 1.81. The third-order valence-electron chi connectivity index (χ3n) is 7.08. The maximum Gasteiger partial charge on any atom is 0.150 e. The van der Waals surface area contributed by atoms with Gasteiger partial charge in [-0.25, -0.2) is 4.99 Å². The Bertz CT molecular complexity index is 890. The lowest BCUT2D eigenvalue weighted by Crippen LogP contribution is -2.50. The normalized spacial score (nSPS) is 25.8. The van der Waals surface area contributed by atoms with Crippen molar-refractivity contribution in [2.24, 2.45) is 21.8 Å². The quantitative estimate of drug-likeness (QED) is 0.564. The molecule has 1 saturated heterocycles. The summed E-state index contributed by atoms with van der Waals surface area (Å²) in [4.78, 5) is 15.5. The number of aryl methyl sites for hydroxylation is 1. The van der Waals surface area contributed by atoms with Crippen molar-refractivity contribution in [3.8, 4) is 0 Å². The summed E-state index contributed by atoms with van der Waals surface area (Å²) in [6, 6.07) is 6.36. The third-order valence-corrected chi connectivity index (χ3v) is 7.31. The number of rotatable bonds is 1. The summed E-state index contributed by atoms with van der Waals surface area (Å²) in [6.45, 7) is 13.3. The van der Waals surface area contributed by atoms with Gasteiger partial charge in [0, 0.05) is 37.1 Å². The van der Waals surface area contributed by atoms with Gasteiger partial charge < -0.3 is 9.80 Å². The van der Waals surface area contributed by atoms with Crippen molar-refractivity contribution in [2.45, 2.75) is 53.0 Å². The highest BCUT2D eigenvalue weighted by Gasteiger charge is 2.33. The maximum absolute atomic E-state index is 6.34. The van der Waals surface area contributed by atoms with Gasteiger partial charge in [-0.1, -0.05) is 31.0 Å². The van der Waals surface area contributed by atoms with Crippen molar-refractivity contribution < 1.29 is 0 Å². The van der Waals surface area contributed by atoms with E-state index in [2.05, 4.69) is 56.7 Å². The first-order chi connectivity index (χ1) is 14.3. The van der Waals surface area contributed by atoms with Crippen molar-refractivity contribution in [2.75, 3.05) is 33.2 Å². The number of nitrogens with zero attached hydrogens (tertiary/aromatic N) is 4. The lowest BCUT2D eigenvalue weighted by molar-refractivity contribution is 0.216. The van der Waals surface area contributed by atoms with Crippen molar-refractivity contribution in [1.29, 1.82) is 0 Å². The maximum atomic E-state index is 6.34. The molecule has 2 unspecified atom stereocenters. The number of benzene rings is 1. The second-order valence-corrected chi connectivity index (χ2v) is 9.93. The molecular formula is C25H35ClN4. The van der Waals surface area contributed by atoms with Crippen LogP contribution in [-0.2, 0) is 6.42 Å². The van der Waals surface area contributed by atoms with Crippen LogP contribution in [0.1, 0.15) is 46.1 Å². The molecule has 162 valence electrons. The molecule has 30 heavy (non-hydrogen) atoms. The number of piperazine rings is 1. The molecule has 1 fully saturated rings. The molecule has 0 spiro atoms. The topological polar surface area (TPSA) is 31.2 Å². The van der Waals surface area contributed by atoms with E-state index in [4.69, 9.17) is 21.6 Å². The van der Waals surface area contributed by atoms with Gasteiger partial charge in [0.15, 0.2) is 5.84 Å². The second kappa shape index (κ2) is 8.84. The Morgan fingerprint density at radius 3 is 2.57 bits per heavy atom.